The molecule has 18 heavy (non-hydrogen) atoms. The summed E-state index contributed by atoms with van der Waals surface area (Å²) in [5, 5.41) is 0. The van der Waals surface area contributed by atoms with E-state index < -0.39 is 11.7 Å². The highest BCUT2D eigenvalue weighted by Crippen LogP contribution is 2.33. The molecule has 0 aromatic heterocycles. The second-order valence-corrected chi connectivity index (χ2v) is 5.50. The highest BCUT2D eigenvalue weighted by atomic mass is 127. The molecule has 1 aromatic carbocycles. The molecule has 1 fully saturated rings. The van der Waals surface area contributed by atoms with E-state index in [-0.39, 0.29) is 15.5 Å². The van der Waals surface area contributed by atoms with Crippen LogP contribution in [0, 0.1) is 3.57 Å². The molecule has 0 heterocycles. The molecule has 1 aromatic rings. The molecule has 98 valence electrons. The van der Waals surface area contributed by atoms with Gasteiger partial charge in [0.15, 0.2) is 0 Å². The Balaban J connectivity index is 2.25. The minimum atomic E-state index is -4.37. The van der Waals surface area contributed by atoms with Gasteiger partial charge in [0, 0.05) is 22.2 Å². The van der Waals surface area contributed by atoms with Crippen LogP contribution in [-0.4, -0.2) is 23.9 Å². The second-order valence-electron chi connectivity index (χ2n) is 4.34. The van der Waals surface area contributed by atoms with Gasteiger partial charge >= 0.3 is 6.18 Å². The van der Waals surface area contributed by atoms with Crippen molar-refractivity contribution in [3.8, 4) is 0 Å². The molecule has 6 heteroatoms. The van der Waals surface area contributed by atoms with Crippen molar-refractivity contribution in [2.45, 2.75) is 25.1 Å². The zero-order valence-electron chi connectivity index (χ0n) is 9.59. The van der Waals surface area contributed by atoms with E-state index in [1.54, 1.807) is 34.5 Å². The number of amides is 1. The van der Waals surface area contributed by atoms with Gasteiger partial charge < -0.3 is 4.90 Å². The topological polar surface area (TPSA) is 20.3 Å². The summed E-state index contributed by atoms with van der Waals surface area (Å²) >= 11 is 1.61. The van der Waals surface area contributed by atoms with E-state index in [2.05, 4.69) is 0 Å². The van der Waals surface area contributed by atoms with Crippen molar-refractivity contribution in [2.24, 2.45) is 0 Å². The third-order valence-electron chi connectivity index (χ3n) is 2.94. The number of halogens is 4. The van der Waals surface area contributed by atoms with Crippen LogP contribution in [-0.2, 0) is 6.18 Å². The number of carbonyl (C=O) groups is 1. The molecular weight excluding hydrogens is 358 g/mol. The molecule has 1 saturated carbocycles. The molecule has 0 N–H and O–H groups in total. The molecule has 0 spiro atoms. The molecule has 0 saturated heterocycles. The molecule has 0 unspecified atom stereocenters. The van der Waals surface area contributed by atoms with Crippen molar-refractivity contribution in [1.29, 1.82) is 0 Å². The van der Waals surface area contributed by atoms with Crippen molar-refractivity contribution >= 4 is 28.5 Å². The maximum atomic E-state index is 12.6. The van der Waals surface area contributed by atoms with Crippen LogP contribution >= 0.6 is 22.6 Å². The van der Waals surface area contributed by atoms with E-state index in [1.807, 2.05) is 0 Å². The predicted octanol–water partition coefficient (Wildman–Crippen LogP) is 3.54. The van der Waals surface area contributed by atoms with Crippen LogP contribution in [0.15, 0.2) is 18.2 Å². The van der Waals surface area contributed by atoms with Crippen LogP contribution in [0.3, 0.4) is 0 Å². The molecule has 0 aliphatic heterocycles. The average molecular weight is 369 g/mol. The SMILES string of the molecule is CN(C(=O)c1ccc(C(F)(F)F)c(I)c1)C1CC1. The number of hydrogen-bond acceptors (Lipinski definition) is 1. The summed E-state index contributed by atoms with van der Waals surface area (Å²) in [5.41, 5.74) is -0.393. The van der Waals surface area contributed by atoms with E-state index in [1.165, 1.54) is 12.1 Å². The quantitative estimate of drug-likeness (QED) is 0.731. The standard InChI is InChI=1S/C12H11F3INO/c1-17(8-3-4-8)11(18)7-2-5-9(10(16)6-7)12(13,14)15/h2,5-6,8H,3-4H2,1H3. The molecule has 2 rings (SSSR count). The lowest BCUT2D eigenvalue weighted by atomic mass is 10.1. The van der Waals surface area contributed by atoms with Gasteiger partial charge in [-0.15, -0.1) is 0 Å². The fraction of sp³-hybridized carbons (Fsp3) is 0.417. The molecule has 0 radical (unpaired) electrons. The molecule has 1 aliphatic rings. The number of hydrogen-bond donors (Lipinski definition) is 0. The van der Waals surface area contributed by atoms with E-state index in [9.17, 15) is 18.0 Å². The van der Waals surface area contributed by atoms with E-state index in [4.69, 9.17) is 0 Å². The smallest absolute Gasteiger partial charge is 0.339 e. The summed E-state index contributed by atoms with van der Waals surface area (Å²) in [6.07, 6.45) is -2.43. The van der Waals surface area contributed by atoms with Gasteiger partial charge in [0.25, 0.3) is 5.91 Å². The third kappa shape index (κ3) is 2.78. The van der Waals surface area contributed by atoms with Crippen molar-refractivity contribution in [2.75, 3.05) is 7.05 Å². The first-order valence-corrected chi connectivity index (χ1v) is 6.52. The van der Waals surface area contributed by atoms with Crippen molar-refractivity contribution in [3.63, 3.8) is 0 Å². The predicted molar refractivity (Wildman–Crippen MR) is 69.3 cm³/mol. The van der Waals surface area contributed by atoms with Gasteiger partial charge in [-0.1, -0.05) is 0 Å². The van der Waals surface area contributed by atoms with Gasteiger partial charge in [-0.3, -0.25) is 4.79 Å². The largest absolute Gasteiger partial charge is 0.417 e. The Morgan fingerprint density at radius 1 is 1.39 bits per heavy atom. The maximum Gasteiger partial charge on any atom is 0.417 e. The molecule has 0 atom stereocenters. The van der Waals surface area contributed by atoms with Gasteiger partial charge in [-0.2, -0.15) is 13.2 Å². The molecule has 1 aliphatic carbocycles. The number of nitrogens with zero attached hydrogens (tertiary/aromatic N) is 1. The molecule has 2 nitrogen and oxygen atoms in total. The third-order valence-corrected chi connectivity index (χ3v) is 3.83. The number of rotatable bonds is 2. The van der Waals surface area contributed by atoms with Crippen molar-refractivity contribution < 1.29 is 18.0 Å². The second kappa shape index (κ2) is 4.71. The first-order valence-electron chi connectivity index (χ1n) is 5.44. The van der Waals surface area contributed by atoms with E-state index >= 15 is 0 Å². The summed E-state index contributed by atoms with van der Waals surface area (Å²) < 4.78 is 37.8. The lowest BCUT2D eigenvalue weighted by Gasteiger charge is -2.17. The summed E-state index contributed by atoms with van der Waals surface area (Å²) in [4.78, 5) is 13.6. The van der Waals surface area contributed by atoms with Gasteiger partial charge in [0.05, 0.1) is 5.56 Å². The zero-order chi connectivity index (χ0) is 13.5. The minimum absolute atomic E-state index is 0.0511. The Morgan fingerprint density at radius 2 is 2.00 bits per heavy atom. The molecule has 1 amide bonds. The van der Waals surface area contributed by atoms with Crippen LogP contribution in [0.2, 0.25) is 0 Å². The highest BCUT2D eigenvalue weighted by Gasteiger charge is 2.34. The monoisotopic (exact) mass is 369 g/mol. The fourth-order valence-corrected chi connectivity index (χ4v) is 2.53. The summed E-state index contributed by atoms with van der Waals surface area (Å²) in [6, 6.07) is 3.75. The van der Waals surface area contributed by atoms with Gasteiger partial charge in [0.1, 0.15) is 0 Å². The lowest BCUT2D eigenvalue weighted by molar-refractivity contribution is -0.138. The first kappa shape index (κ1) is 13.6. The Morgan fingerprint density at radius 3 is 2.44 bits per heavy atom. The Kier molecular flexibility index (Phi) is 3.57. The fourth-order valence-electron chi connectivity index (χ4n) is 1.71. The summed E-state index contributed by atoms with van der Waals surface area (Å²) in [6.45, 7) is 0. The normalized spacial score (nSPS) is 15.6. The maximum absolute atomic E-state index is 12.6. The number of alkyl halides is 3. The van der Waals surface area contributed by atoms with Crippen LogP contribution in [0.4, 0.5) is 13.2 Å². The number of carbonyl (C=O) groups excluding carboxylic acids is 1. The van der Waals surface area contributed by atoms with Crippen LogP contribution in [0.5, 0.6) is 0 Å². The minimum Gasteiger partial charge on any atom is -0.339 e. The van der Waals surface area contributed by atoms with E-state index in [0.717, 1.165) is 18.9 Å². The highest BCUT2D eigenvalue weighted by molar-refractivity contribution is 14.1. The Bertz CT molecular complexity index is 483. The lowest BCUT2D eigenvalue weighted by Crippen LogP contribution is -2.28. The van der Waals surface area contributed by atoms with Gasteiger partial charge in [-0.25, -0.2) is 0 Å². The zero-order valence-corrected chi connectivity index (χ0v) is 11.7. The Hall–Kier alpha value is -0.790. The van der Waals surface area contributed by atoms with Gasteiger partial charge in [0.2, 0.25) is 0 Å². The van der Waals surface area contributed by atoms with Gasteiger partial charge in [-0.05, 0) is 53.6 Å². The van der Waals surface area contributed by atoms with Crippen molar-refractivity contribution in [1.82, 2.24) is 4.90 Å². The van der Waals surface area contributed by atoms with E-state index in [0.29, 0.717) is 5.56 Å². The van der Waals surface area contributed by atoms with Crippen molar-refractivity contribution in [3.05, 3.63) is 32.9 Å². The Labute approximate surface area is 116 Å². The molecule has 0 bridgehead atoms. The van der Waals surface area contributed by atoms with Crippen LogP contribution in [0.1, 0.15) is 28.8 Å². The number of benzene rings is 1. The average Bonchev–Trinajstić information content (AvgIpc) is 3.09. The van der Waals surface area contributed by atoms with Crippen LogP contribution in [0.25, 0.3) is 0 Å². The molecular formula is C12H11F3INO. The summed E-state index contributed by atoms with van der Waals surface area (Å²) in [5.74, 6) is -0.218. The summed E-state index contributed by atoms with van der Waals surface area (Å²) in [7, 11) is 1.69. The van der Waals surface area contributed by atoms with Crippen LogP contribution < -0.4 is 0 Å². The first-order chi connectivity index (χ1) is 8.30.